The number of aromatic nitrogens is 2. The summed E-state index contributed by atoms with van der Waals surface area (Å²) in [6, 6.07) is 8.10. The standard InChI is InChI=1S/C15H21N5/c1-4-10-17-15(16-5-2)18-11-14-19-12-8-6-7-9-13(12)20(14)3/h4,6-9H,1,5,10-11H2,2-3H3,(H2,16,17,18). The van der Waals surface area contributed by atoms with Gasteiger partial charge < -0.3 is 15.2 Å². The lowest BCUT2D eigenvalue weighted by Crippen LogP contribution is -2.37. The number of nitrogens with zero attached hydrogens (tertiary/aromatic N) is 3. The van der Waals surface area contributed by atoms with E-state index in [9.17, 15) is 0 Å². The van der Waals surface area contributed by atoms with Gasteiger partial charge in [-0.1, -0.05) is 18.2 Å². The Hall–Kier alpha value is -2.30. The summed E-state index contributed by atoms with van der Waals surface area (Å²) in [4.78, 5) is 9.15. The van der Waals surface area contributed by atoms with Gasteiger partial charge in [-0.25, -0.2) is 9.98 Å². The average Bonchev–Trinajstić information content (AvgIpc) is 2.79. The van der Waals surface area contributed by atoms with Crippen molar-refractivity contribution < 1.29 is 0 Å². The third-order valence-corrected chi connectivity index (χ3v) is 3.02. The molecule has 0 fully saturated rings. The van der Waals surface area contributed by atoms with Crippen molar-refractivity contribution in [3.63, 3.8) is 0 Å². The molecule has 5 nitrogen and oxygen atoms in total. The first-order valence-corrected chi connectivity index (χ1v) is 6.79. The SMILES string of the molecule is C=CCNC(=NCc1nc2ccccc2n1C)NCC. The molecule has 0 saturated carbocycles. The highest BCUT2D eigenvalue weighted by molar-refractivity contribution is 5.80. The molecule has 0 radical (unpaired) electrons. The minimum absolute atomic E-state index is 0.539. The second-order valence-corrected chi connectivity index (χ2v) is 4.44. The molecule has 1 aromatic heterocycles. The number of benzene rings is 1. The largest absolute Gasteiger partial charge is 0.357 e. The molecular formula is C15H21N5. The van der Waals surface area contributed by atoms with Crippen LogP contribution in [0.15, 0.2) is 41.9 Å². The van der Waals surface area contributed by atoms with Crippen molar-refractivity contribution in [2.75, 3.05) is 13.1 Å². The molecule has 2 N–H and O–H groups in total. The van der Waals surface area contributed by atoms with Crippen LogP contribution in [0.1, 0.15) is 12.7 Å². The van der Waals surface area contributed by atoms with Crippen LogP contribution in [0.25, 0.3) is 11.0 Å². The summed E-state index contributed by atoms with van der Waals surface area (Å²) in [5.74, 6) is 1.72. The van der Waals surface area contributed by atoms with Gasteiger partial charge in [0, 0.05) is 20.1 Å². The van der Waals surface area contributed by atoms with Gasteiger partial charge in [0.2, 0.25) is 0 Å². The number of hydrogen-bond donors (Lipinski definition) is 2. The maximum absolute atomic E-state index is 4.60. The van der Waals surface area contributed by atoms with Crippen LogP contribution in [0.5, 0.6) is 0 Å². The van der Waals surface area contributed by atoms with E-state index in [0.29, 0.717) is 13.1 Å². The molecule has 1 heterocycles. The van der Waals surface area contributed by atoms with E-state index in [1.54, 1.807) is 0 Å². The van der Waals surface area contributed by atoms with Crippen molar-refractivity contribution in [2.24, 2.45) is 12.0 Å². The molecule has 1 aromatic carbocycles. The van der Waals surface area contributed by atoms with Crippen LogP contribution >= 0.6 is 0 Å². The monoisotopic (exact) mass is 271 g/mol. The van der Waals surface area contributed by atoms with Crippen LogP contribution in [-0.2, 0) is 13.6 Å². The van der Waals surface area contributed by atoms with Crippen LogP contribution in [-0.4, -0.2) is 28.6 Å². The number of guanidine groups is 1. The van der Waals surface area contributed by atoms with Crippen molar-refractivity contribution in [2.45, 2.75) is 13.5 Å². The number of para-hydroxylation sites is 2. The van der Waals surface area contributed by atoms with E-state index in [4.69, 9.17) is 0 Å². The van der Waals surface area contributed by atoms with E-state index < -0.39 is 0 Å². The van der Waals surface area contributed by atoms with E-state index in [1.165, 1.54) is 0 Å². The molecule has 2 rings (SSSR count). The van der Waals surface area contributed by atoms with E-state index >= 15 is 0 Å². The topological polar surface area (TPSA) is 54.2 Å². The summed E-state index contributed by atoms with van der Waals surface area (Å²) in [6.45, 7) is 7.79. The maximum atomic E-state index is 4.60. The molecule has 0 bridgehead atoms. The molecule has 2 aromatic rings. The minimum atomic E-state index is 0.539. The Morgan fingerprint density at radius 1 is 1.40 bits per heavy atom. The van der Waals surface area contributed by atoms with Crippen molar-refractivity contribution in [1.29, 1.82) is 0 Å². The van der Waals surface area contributed by atoms with Gasteiger partial charge in [0.05, 0.1) is 11.0 Å². The summed E-state index contributed by atoms with van der Waals surface area (Å²) < 4.78 is 2.08. The maximum Gasteiger partial charge on any atom is 0.191 e. The zero-order chi connectivity index (χ0) is 14.4. The van der Waals surface area contributed by atoms with Crippen molar-refractivity contribution in [3.05, 3.63) is 42.7 Å². The van der Waals surface area contributed by atoms with Gasteiger partial charge in [-0.3, -0.25) is 0 Å². The molecule has 0 unspecified atom stereocenters. The Bertz CT molecular complexity index is 612. The quantitative estimate of drug-likeness (QED) is 0.495. The first-order chi connectivity index (χ1) is 9.76. The smallest absolute Gasteiger partial charge is 0.191 e. The molecule has 5 heteroatoms. The molecule has 0 aliphatic rings. The molecule has 106 valence electrons. The lowest BCUT2D eigenvalue weighted by atomic mass is 10.3. The van der Waals surface area contributed by atoms with Crippen LogP contribution in [0.2, 0.25) is 0 Å². The number of imidazole rings is 1. The molecule has 0 spiro atoms. The zero-order valence-electron chi connectivity index (χ0n) is 12.1. The molecule has 0 aliphatic carbocycles. The van der Waals surface area contributed by atoms with Gasteiger partial charge in [-0.15, -0.1) is 6.58 Å². The molecule has 0 aliphatic heterocycles. The van der Waals surface area contributed by atoms with E-state index in [2.05, 4.69) is 37.8 Å². The first-order valence-electron chi connectivity index (χ1n) is 6.79. The first kappa shape index (κ1) is 14.1. The van der Waals surface area contributed by atoms with Gasteiger partial charge in [-0.2, -0.15) is 0 Å². The summed E-state index contributed by atoms with van der Waals surface area (Å²) in [5, 5.41) is 6.37. The van der Waals surface area contributed by atoms with Gasteiger partial charge >= 0.3 is 0 Å². The Morgan fingerprint density at radius 2 is 2.20 bits per heavy atom. The summed E-state index contributed by atoms with van der Waals surface area (Å²) >= 11 is 0. The van der Waals surface area contributed by atoms with Crippen LogP contribution < -0.4 is 10.6 Å². The van der Waals surface area contributed by atoms with Gasteiger partial charge in [0.1, 0.15) is 12.4 Å². The van der Waals surface area contributed by atoms with Gasteiger partial charge in [-0.05, 0) is 19.1 Å². The molecular weight excluding hydrogens is 250 g/mol. The van der Waals surface area contributed by atoms with Gasteiger partial charge in [0.15, 0.2) is 5.96 Å². The Labute approximate surface area is 119 Å². The van der Waals surface area contributed by atoms with Crippen LogP contribution in [0.4, 0.5) is 0 Å². The number of rotatable bonds is 5. The number of hydrogen-bond acceptors (Lipinski definition) is 2. The predicted octanol–water partition coefficient (Wildman–Crippen LogP) is 1.81. The fraction of sp³-hybridized carbons (Fsp3) is 0.333. The Balaban J connectivity index is 2.17. The molecule has 0 saturated heterocycles. The Kier molecular flexibility index (Phi) is 4.76. The molecule has 0 amide bonds. The number of fused-ring (bicyclic) bond motifs is 1. The fourth-order valence-electron chi connectivity index (χ4n) is 2.00. The number of aliphatic imine (C=N–C) groups is 1. The van der Waals surface area contributed by atoms with Crippen molar-refractivity contribution in [1.82, 2.24) is 20.2 Å². The predicted molar refractivity (Wildman–Crippen MR) is 83.7 cm³/mol. The second kappa shape index (κ2) is 6.75. The number of nitrogens with one attached hydrogen (secondary N) is 2. The third kappa shape index (κ3) is 3.17. The highest BCUT2D eigenvalue weighted by Crippen LogP contribution is 2.14. The normalized spacial score (nSPS) is 11.6. The van der Waals surface area contributed by atoms with E-state index in [1.807, 2.05) is 38.2 Å². The zero-order valence-corrected chi connectivity index (χ0v) is 12.1. The highest BCUT2D eigenvalue weighted by atomic mass is 15.2. The van der Waals surface area contributed by atoms with E-state index in [0.717, 1.165) is 29.4 Å². The molecule has 0 atom stereocenters. The van der Waals surface area contributed by atoms with E-state index in [-0.39, 0.29) is 0 Å². The Morgan fingerprint density at radius 3 is 2.90 bits per heavy atom. The second-order valence-electron chi connectivity index (χ2n) is 4.44. The highest BCUT2D eigenvalue weighted by Gasteiger charge is 2.06. The number of aryl methyl sites for hydroxylation is 1. The summed E-state index contributed by atoms with van der Waals surface area (Å²) in [6.07, 6.45) is 1.81. The van der Waals surface area contributed by atoms with Crippen molar-refractivity contribution >= 4 is 17.0 Å². The van der Waals surface area contributed by atoms with Crippen molar-refractivity contribution in [3.8, 4) is 0 Å². The average molecular weight is 271 g/mol. The third-order valence-electron chi connectivity index (χ3n) is 3.02. The lowest BCUT2D eigenvalue weighted by molar-refractivity contribution is 0.792. The fourth-order valence-corrected chi connectivity index (χ4v) is 2.00. The lowest BCUT2D eigenvalue weighted by Gasteiger charge is -2.09. The van der Waals surface area contributed by atoms with Crippen LogP contribution in [0.3, 0.4) is 0 Å². The summed E-state index contributed by atoms with van der Waals surface area (Å²) in [5.41, 5.74) is 2.13. The van der Waals surface area contributed by atoms with Gasteiger partial charge in [0.25, 0.3) is 0 Å². The summed E-state index contributed by atoms with van der Waals surface area (Å²) in [7, 11) is 2.02. The molecule has 20 heavy (non-hydrogen) atoms. The minimum Gasteiger partial charge on any atom is -0.357 e. The van der Waals surface area contributed by atoms with Crippen LogP contribution in [0, 0.1) is 0 Å².